The molecule has 230 valence electrons. The fraction of sp³-hybridized carbons (Fsp3) is 0.294. The first-order valence-electron chi connectivity index (χ1n) is 14.9. The van der Waals surface area contributed by atoms with Crippen LogP contribution in [0.15, 0.2) is 83.9 Å². The van der Waals surface area contributed by atoms with Gasteiger partial charge in [-0.25, -0.2) is 4.79 Å². The molecule has 0 radical (unpaired) electrons. The summed E-state index contributed by atoms with van der Waals surface area (Å²) in [6.45, 7) is 4.22. The molecule has 0 spiro atoms. The summed E-state index contributed by atoms with van der Waals surface area (Å²) in [4.78, 5) is 51.3. The van der Waals surface area contributed by atoms with Crippen molar-refractivity contribution in [2.45, 2.75) is 35.6 Å². The van der Waals surface area contributed by atoms with Crippen LogP contribution in [0.1, 0.15) is 36.1 Å². The normalized spacial score (nSPS) is 20.0. The first-order valence-corrected chi connectivity index (χ1v) is 16.1. The van der Waals surface area contributed by atoms with Crippen LogP contribution in [0, 0.1) is 11.3 Å². The van der Waals surface area contributed by atoms with Crippen LogP contribution in [0.25, 0.3) is 10.9 Å². The number of urea groups is 1. The number of aromatic amines is 1. The van der Waals surface area contributed by atoms with Crippen LogP contribution in [-0.2, 0) is 16.1 Å². The SMILES string of the molecule is CCNC(=O)N1CCN(C(=O)[C@]2(Sc3ccccc3)CC(=O)N(Cc3ccc(C#N)cc3)C2c2c[nH]c3cc(Cl)ccc23)CC1. The second-order valence-corrected chi connectivity index (χ2v) is 13.1. The van der Waals surface area contributed by atoms with Gasteiger partial charge in [0.05, 0.1) is 24.1 Å². The van der Waals surface area contributed by atoms with Gasteiger partial charge in [0, 0.05) is 71.8 Å². The molecule has 0 saturated carbocycles. The van der Waals surface area contributed by atoms with Crippen molar-refractivity contribution in [1.29, 1.82) is 5.26 Å². The first kappa shape index (κ1) is 30.6. The highest BCUT2D eigenvalue weighted by Crippen LogP contribution is 2.55. The van der Waals surface area contributed by atoms with E-state index in [1.54, 1.807) is 21.9 Å². The van der Waals surface area contributed by atoms with Crippen LogP contribution in [0.3, 0.4) is 0 Å². The smallest absolute Gasteiger partial charge is 0.317 e. The molecule has 4 amide bonds. The predicted octanol–water partition coefficient (Wildman–Crippen LogP) is 5.57. The van der Waals surface area contributed by atoms with E-state index in [2.05, 4.69) is 16.4 Å². The number of hydrogen-bond acceptors (Lipinski definition) is 5. The first-order chi connectivity index (χ1) is 21.8. The van der Waals surface area contributed by atoms with Gasteiger partial charge >= 0.3 is 6.03 Å². The van der Waals surface area contributed by atoms with Crippen molar-refractivity contribution in [2.75, 3.05) is 32.7 Å². The number of benzene rings is 3. The molecule has 1 unspecified atom stereocenters. The Bertz CT molecular complexity index is 1760. The molecule has 2 aliphatic rings. The van der Waals surface area contributed by atoms with Crippen molar-refractivity contribution in [3.05, 3.63) is 101 Å². The summed E-state index contributed by atoms with van der Waals surface area (Å²) in [5.74, 6) is -0.263. The van der Waals surface area contributed by atoms with E-state index in [4.69, 9.17) is 11.6 Å². The molecule has 2 atom stereocenters. The fourth-order valence-corrected chi connectivity index (χ4v) is 7.98. The molecule has 4 aromatic rings. The highest BCUT2D eigenvalue weighted by molar-refractivity contribution is 8.01. The molecule has 9 nitrogen and oxygen atoms in total. The summed E-state index contributed by atoms with van der Waals surface area (Å²) in [6.07, 6.45) is 1.89. The van der Waals surface area contributed by atoms with Crippen LogP contribution in [0.2, 0.25) is 5.02 Å². The highest BCUT2D eigenvalue weighted by Gasteiger charge is 2.59. The van der Waals surface area contributed by atoms with Gasteiger partial charge in [-0.2, -0.15) is 5.26 Å². The Balaban J connectivity index is 1.45. The monoisotopic (exact) mass is 640 g/mol. The van der Waals surface area contributed by atoms with E-state index >= 15 is 0 Å². The zero-order chi connectivity index (χ0) is 31.6. The number of nitrogens with zero attached hydrogens (tertiary/aromatic N) is 4. The van der Waals surface area contributed by atoms with Gasteiger partial charge in [-0.05, 0) is 48.9 Å². The van der Waals surface area contributed by atoms with E-state index in [1.165, 1.54) is 11.8 Å². The number of rotatable bonds is 7. The Hall–Kier alpha value is -4.46. The number of halogens is 1. The van der Waals surface area contributed by atoms with E-state index in [1.807, 2.05) is 78.7 Å². The number of amides is 4. The Morgan fingerprint density at radius 1 is 1.04 bits per heavy atom. The van der Waals surface area contributed by atoms with E-state index in [9.17, 15) is 19.6 Å². The number of H-pyrrole nitrogens is 1. The van der Waals surface area contributed by atoms with E-state index in [0.29, 0.717) is 43.3 Å². The Morgan fingerprint density at radius 2 is 1.76 bits per heavy atom. The lowest BCUT2D eigenvalue weighted by molar-refractivity contribution is -0.136. The number of aromatic nitrogens is 1. The van der Waals surface area contributed by atoms with Gasteiger partial charge in [0.15, 0.2) is 0 Å². The minimum Gasteiger partial charge on any atom is -0.361 e. The molecule has 2 N–H and O–H groups in total. The van der Waals surface area contributed by atoms with Crippen LogP contribution >= 0.6 is 23.4 Å². The maximum atomic E-state index is 15.0. The number of nitrogens with one attached hydrogen (secondary N) is 2. The quantitative estimate of drug-likeness (QED) is 0.274. The summed E-state index contributed by atoms with van der Waals surface area (Å²) < 4.78 is -1.20. The third kappa shape index (κ3) is 5.98. The molecule has 6 rings (SSSR count). The second kappa shape index (κ2) is 12.9. The van der Waals surface area contributed by atoms with Crippen molar-refractivity contribution >= 4 is 52.1 Å². The average Bonchev–Trinajstić information content (AvgIpc) is 3.58. The number of likely N-dealkylation sites (tertiary alicyclic amines) is 1. The molecule has 0 aliphatic carbocycles. The summed E-state index contributed by atoms with van der Waals surface area (Å²) in [7, 11) is 0. The van der Waals surface area contributed by atoms with E-state index in [-0.39, 0.29) is 30.8 Å². The van der Waals surface area contributed by atoms with Gasteiger partial charge in [0.2, 0.25) is 11.8 Å². The lowest BCUT2D eigenvalue weighted by Crippen LogP contribution is -2.58. The maximum absolute atomic E-state index is 15.0. The van der Waals surface area contributed by atoms with Gasteiger partial charge in [-0.3, -0.25) is 9.59 Å². The van der Waals surface area contributed by atoms with Crippen LogP contribution in [0.5, 0.6) is 0 Å². The molecule has 45 heavy (non-hydrogen) atoms. The zero-order valence-electron chi connectivity index (χ0n) is 24.8. The van der Waals surface area contributed by atoms with Crippen molar-refractivity contribution in [1.82, 2.24) is 25.0 Å². The number of carbonyl (C=O) groups excluding carboxylic acids is 3. The molecular weight excluding hydrogens is 608 g/mol. The standard InChI is InChI=1S/C34H33ClN6O3S/c1-2-37-33(44)40-16-14-39(15-17-40)32(43)34(45-26-6-4-3-5-7-26)19-30(42)41(22-24-10-8-23(20-36)9-11-24)31(34)28-21-38-29-18-25(35)12-13-27(28)29/h3-13,18,21,31,38H,2,14-17,19,22H2,1H3,(H,37,44)/t31?,34-/m0/s1. The molecule has 2 aliphatic heterocycles. The number of fused-ring (bicyclic) bond motifs is 1. The van der Waals surface area contributed by atoms with Crippen molar-refractivity contribution in [3.63, 3.8) is 0 Å². The predicted molar refractivity (Wildman–Crippen MR) is 175 cm³/mol. The number of piperazine rings is 1. The molecule has 0 bridgehead atoms. The molecule has 2 fully saturated rings. The van der Waals surface area contributed by atoms with Gasteiger partial charge in [0.1, 0.15) is 4.75 Å². The summed E-state index contributed by atoms with van der Waals surface area (Å²) >= 11 is 7.76. The van der Waals surface area contributed by atoms with E-state index < -0.39 is 10.8 Å². The van der Waals surface area contributed by atoms with Crippen LogP contribution in [0.4, 0.5) is 4.79 Å². The highest BCUT2D eigenvalue weighted by atomic mass is 35.5. The van der Waals surface area contributed by atoms with Crippen molar-refractivity contribution in [2.24, 2.45) is 0 Å². The lowest BCUT2D eigenvalue weighted by Gasteiger charge is -2.42. The second-order valence-electron chi connectivity index (χ2n) is 11.3. The van der Waals surface area contributed by atoms with Crippen molar-refractivity contribution in [3.8, 4) is 6.07 Å². The molecule has 3 heterocycles. The lowest BCUT2D eigenvalue weighted by atomic mass is 9.90. The molecule has 1 aromatic heterocycles. The number of thioether (sulfide) groups is 1. The minimum absolute atomic E-state index is 0.00311. The van der Waals surface area contributed by atoms with Gasteiger partial charge in [-0.15, -0.1) is 11.8 Å². The Labute approximate surface area is 271 Å². The largest absolute Gasteiger partial charge is 0.361 e. The van der Waals surface area contributed by atoms with Crippen LogP contribution in [-0.4, -0.2) is 75.0 Å². The van der Waals surface area contributed by atoms with Gasteiger partial charge in [-0.1, -0.05) is 48.0 Å². The Morgan fingerprint density at radius 3 is 2.44 bits per heavy atom. The zero-order valence-corrected chi connectivity index (χ0v) is 26.4. The summed E-state index contributed by atoms with van der Waals surface area (Å²) in [5.41, 5.74) is 3.04. The van der Waals surface area contributed by atoms with Crippen molar-refractivity contribution < 1.29 is 14.4 Å². The number of hydrogen-bond donors (Lipinski definition) is 2. The van der Waals surface area contributed by atoms with E-state index in [0.717, 1.165) is 26.9 Å². The maximum Gasteiger partial charge on any atom is 0.317 e. The average molecular weight is 641 g/mol. The number of nitriles is 1. The third-order valence-corrected chi connectivity index (χ3v) is 10.1. The molecule has 2 saturated heterocycles. The Kier molecular flexibility index (Phi) is 8.74. The number of carbonyl (C=O) groups is 3. The molecular formula is C34H33ClN6O3S. The topological polar surface area (TPSA) is 113 Å². The van der Waals surface area contributed by atoms with Gasteiger partial charge in [0.25, 0.3) is 0 Å². The molecule has 3 aromatic carbocycles. The van der Waals surface area contributed by atoms with Gasteiger partial charge < -0.3 is 25.0 Å². The minimum atomic E-state index is -1.20. The summed E-state index contributed by atoms with van der Waals surface area (Å²) in [6, 6.07) is 23.9. The molecule has 11 heteroatoms. The fourth-order valence-electron chi connectivity index (χ4n) is 6.32. The third-order valence-electron chi connectivity index (χ3n) is 8.48. The van der Waals surface area contributed by atoms with Crippen LogP contribution < -0.4 is 5.32 Å². The summed E-state index contributed by atoms with van der Waals surface area (Å²) in [5, 5.41) is 13.6.